The van der Waals surface area contributed by atoms with E-state index in [0.29, 0.717) is 29.8 Å². The minimum atomic E-state index is 0.235. The van der Waals surface area contributed by atoms with Gasteiger partial charge in [0.2, 0.25) is 5.89 Å². The van der Waals surface area contributed by atoms with E-state index >= 15 is 0 Å². The van der Waals surface area contributed by atoms with Crippen molar-refractivity contribution in [2.45, 2.75) is 25.2 Å². The third-order valence-corrected chi connectivity index (χ3v) is 4.42. The van der Waals surface area contributed by atoms with Gasteiger partial charge in [0.1, 0.15) is 23.3 Å². The Morgan fingerprint density at radius 1 is 1.21 bits per heavy atom. The third kappa shape index (κ3) is 2.00. The number of H-pyrrole nitrogens is 1. The topological polar surface area (TPSA) is 101 Å². The van der Waals surface area contributed by atoms with Crippen molar-refractivity contribution >= 4 is 0 Å². The van der Waals surface area contributed by atoms with Gasteiger partial charge >= 0.3 is 0 Å². The smallest absolute Gasteiger partial charge is 0.226 e. The number of nitrogens with one attached hydrogen (secondary N) is 1. The molecule has 0 unspecified atom stereocenters. The molecule has 3 aromatic rings. The molecule has 0 saturated heterocycles. The van der Waals surface area contributed by atoms with Crippen LogP contribution in [0.15, 0.2) is 22.6 Å². The lowest BCUT2D eigenvalue weighted by Gasteiger charge is -2.00. The van der Waals surface area contributed by atoms with Gasteiger partial charge in [-0.25, -0.2) is 4.98 Å². The highest BCUT2D eigenvalue weighted by Crippen LogP contribution is 2.46. The highest BCUT2D eigenvalue weighted by atomic mass is 16.5. The Kier molecular flexibility index (Phi) is 2.73. The maximum atomic E-state index is 9.20. The van der Waals surface area contributed by atoms with Crippen LogP contribution < -0.4 is 4.74 Å². The van der Waals surface area contributed by atoms with E-state index < -0.39 is 0 Å². The Labute approximate surface area is 137 Å². The van der Waals surface area contributed by atoms with Crippen LogP contribution in [0.1, 0.15) is 35.8 Å². The van der Waals surface area contributed by atoms with Crippen LogP contribution in [-0.4, -0.2) is 27.0 Å². The molecule has 0 bridgehead atoms. The average molecular weight is 319 g/mol. The van der Waals surface area contributed by atoms with Crippen LogP contribution in [0.2, 0.25) is 0 Å². The second kappa shape index (κ2) is 4.93. The largest absolute Gasteiger partial charge is 0.493 e. The molecule has 0 atom stereocenters. The molecule has 24 heavy (non-hydrogen) atoms. The zero-order valence-corrected chi connectivity index (χ0v) is 12.7. The van der Waals surface area contributed by atoms with Gasteiger partial charge in [-0.15, -0.1) is 5.10 Å². The van der Waals surface area contributed by atoms with E-state index in [0.717, 1.165) is 36.3 Å². The summed E-state index contributed by atoms with van der Waals surface area (Å²) in [5.74, 6) is 2.62. The number of hydrogen-bond acceptors (Lipinski definition) is 6. The maximum absolute atomic E-state index is 9.20. The molecule has 5 rings (SSSR count). The first kappa shape index (κ1) is 13.3. The van der Waals surface area contributed by atoms with Gasteiger partial charge in [0.15, 0.2) is 11.4 Å². The summed E-state index contributed by atoms with van der Waals surface area (Å²) in [6.07, 6.45) is 3.03. The van der Waals surface area contributed by atoms with Gasteiger partial charge in [-0.2, -0.15) is 15.6 Å². The Morgan fingerprint density at radius 2 is 2.12 bits per heavy atom. The van der Waals surface area contributed by atoms with Crippen molar-refractivity contribution in [3.63, 3.8) is 0 Å². The average Bonchev–Trinajstić information content (AvgIpc) is 3.05. The maximum Gasteiger partial charge on any atom is 0.226 e. The molecular formula is C17H13N5O2. The van der Waals surface area contributed by atoms with Crippen LogP contribution >= 0.6 is 0 Å². The molecule has 7 nitrogen and oxygen atoms in total. The fourth-order valence-corrected chi connectivity index (χ4v) is 3.04. The van der Waals surface area contributed by atoms with Crippen LogP contribution in [0.3, 0.4) is 0 Å². The van der Waals surface area contributed by atoms with Gasteiger partial charge in [0.05, 0.1) is 6.61 Å². The Hall–Kier alpha value is -3.14. The van der Waals surface area contributed by atoms with Gasteiger partial charge in [0, 0.05) is 17.9 Å². The lowest BCUT2D eigenvalue weighted by Crippen LogP contribution is -1.88. The number of oxazole rings is 1. The summed E-state index contributed by atoms with van der Waals surface area (Å²) in [7, 11) is 0. The van der Waals surface area contributed by atoms with Gasteiger partial charge < -0.3 is 9.15 Å². The molecule has 3 heterocycles. The number of nitrogens with zero attached hydrogens (tertiary/aromatic N) is 4. The summed E-state index contributed by atoms with van der Waals surface area (Å²) >= 11 is 0. The molecule has 0 spiro atoms. The molecule has 118 valence electrons. The summed E-state index contributed by atoms with van der Waals surface area (Å²) in [5.41, 5.74) is 3.39. The summed E-state index contributed by atoms with van der Waals surface area (Å²) in [6, 6.07) is 8.00. The third-order valence-electron chi connectivity index (χ3n) is 4.42. The van der Waals surface area contributed by atoms with Crippen molar-refractivity contribution in [3.05, 3.63) is 35.2 Å². The van der Waals surface area contributed by atoms with Crippen LogP contribution in [-0.2, 0) is 6.42 Å². The molecule has 1 fully saturated rings. The molecule has 1 N–H and O–H groups in total. The fourth-order valence-electron chi connectivity index (χ4n) is 3.04. The van der Waals surface area contributed by atoms with Crippen molar-refractivity contribution in [2.75, 3.05) is 6.61 Å². The highest BCUT2D eigenvalue weighted by molar-refractivity contribution is 5.68. The minimum Gasteiger partial charge on any atom is -0.493 e. The van der Waals surface area contributed by atoms with Gasteiger partial charge in [0.25, 0.3) is 0 Å². The molecule has 2 aliphatic rings. The van der Waals surface area contributed by atoms with E-state index in [-0.39, 0.29) is 5.69 Å². The first-order valence-corrected chi connectivity index (χ1v) is 7.91. The SMILES string of the molecule is N#Cc1n[nH]nc1-c1nc(-c2ccc3c(c2)CCO3)oc1C1CC1. The molecule has 0 amide bonds. The van der Waals surface area contributed by atoms with Crippen molar-refractivity contribution in [3.8, 4) is 34.7 Å². The molecule has 7 heteroatoms. The van der Waals surface area contributed by atoms with E-state index in [9.17, 15) is 5.26 Å². The zero-order chi connectivity index (χ0) is 16.1. The first-order valence-electron chi connectivity index (χ1n) is 7.91. The van der Waals surface area contributed by atoms with Crippen LogP contribution in [0, 0.1) is 11.3 Å². The molecule has 1 aromatic carbocycles. The zero-order valence-electron chi connectivity index (χ0n) is 12.7. The number of aromatic nitrogens is 4. The predicted molar refractivity (Wildman–Crippen MR) is 83.2 cm³/mol. The second-order valence-electron chi connectivity index (χ2n) is 6.06. The van der Waals surface area contributed by atoms with Gasteiger partial charge in [-0.3, -0.25) is 0 Å². The number of rotatable bonds is 3. The van der Waals surface area contributed by atoms with E-state index in [1.54, 1.807) is 0 Å². The number of benzene rings is 1. The van der Waals surface area contributed by atoms with Crippen molar-refractivity contribution < 1.29 is 9.15 Å². The number of fused-ring (bicyclic) bond motifs is 1. The Bertz CT molecular complexity index is 977. The van der Waals surface area contributed by atoms with E-state index in [4.69, 9.17) is 9.15 Å². The highest BCUT2D eigenvalue weighted by Gasteiger charge is 2.34. The van der Waals surface area contributed by atoms with E-state index in [1.165, 1.54) is 5.56 Å². The normalized spacial score (nSPS) is 15.8. The Morgan fingerprint density at radius 3 is 2.96 bits per heavy atom. The fraction of sp³-hybridized carbons (Fsp3) is 0.294. The number of ether oxygens (including phenoxy) is 1. The summed E-state index contributed by atoms with van der Waals surface area (Å²) in [5, 5.41) is 19.7. The number of aromatic amines is 1. The minimum absolute atomic E-state index is 0.235. The molecule has 1 saturated carbocycles. The van der Waals surface area contributed by atoms with Crippen LogP contribution in [0.4, 0.5) is 0 Å². The van der Waals surface area contributed by atoms with Crippen molar-refractivity contribution in [2.24, 2.45) is 0 Å². The van der Waals surface area contributed by atoms with Crippen LogP contribution in [0.5, 0.6) is 5.75 Å². The molecular weight excluding hydrogens is 306 g/mol. The molecule has 1 aliphatic heterocycles. The predicted octanol–water partition coefficient (Wildman–Crippen LogP) is 2.81. The monoisotopic (exact) mass is 319 g/mol. The molecule has 1 aliphatic carbocycles. The summed E-state index contributed by atoms with van der Waals surface area (Å²) < 4.78 is 11.6. The van der Waals surface area contributed by atoms with Gasteiger partial charge in [-0.05, 0) is 36.6 Å². The van der Waals surface area contributed by atoms with Gasteiger partial charge in [-0.1, -0.05) is 0 Å². The summed E-state index contributed by atoms with van der Waals surface area (Å²) in [6.45, 7) is 0.716. The number of hydrogen-bond donors (Lipinski definition) is 1. The molecule has 2 aromatic heterocycles. The quantitative estimate of drug-likeness (QED) is 0.796. The second-order valence-corrected chi connectivity index (χ2v) is 6.06. The number of nitriles is 1. The lowest BCUT2D eigenvalue weighted by atomic mass is 10.1. The van der Waals surface area contributed by atoms with E-state index in [2.05, 4.69) is 26.5 Å². The van der Waals surface area contributed by atoms with Crippen molar-refractivity contribution in [1.82, 2.24) is 20.4 Å². The molecule has 0 radical (unpaired) electrons. The van der Waals surface area contributed by atoms with Crippen molar-refractivity contribution in [1.29, 1.82) is 5.26 Å². The van der Waals surface area contributed by atoms with Crippen LogP contribution in [0.25, 0.3) is 22.8 Å². The standard InChI is InChI=1S/C17H13N5O2/c18-8-12-14(21-22-20-12)15-16(9-1-2-9)24-17(19-15)11-3-4-13-10(7-11)5-6-23-13/h3-4,7,9H,1-2,5-6H2,(H,20,21,22). The van der Waals surface area contributed by atoms with E-state index in [1.807, 2.05) is 18.2 Å². The lowest BCUT2D eigenvalue weighted by molar-refractivity contribution is 0.357. The summed E-state index contributed by atoms with van der Waals surface area (Å²) in [4.78, 5) is 4.64. The first-order chi connectivity index (χ1) is 11.8. The Balaban J connectivity index is 1.63.